The van der Waals surface area contributed by atoms with Crippen LogP contribution in [0.5, 0.6) is 0 Å². The van der Waals surface area contributed by atoms with Crippen LogP contribution >= 0.6 is 0 Å². The van der Waals surface area contributed by atoms with Crippen LogP contribution in [0, 0.1) is 0 Å². The second-order valence-corrected chi connectivity index (χ2v) is 9.45. The van der Waals surface area contributed by atoms with Crippen molar-refractivity contribution in [2.24, 2.45) is 0 Å². The number of likely N-dealkylation sites (tertiary alicyclic amines) is 1. The number of aliphatic hydroxyl groups is 1. The maximum absolute atomic E-state index is 12.3. The Morgan fingerprint density at radius 2 is 1.86 bits per heavy atom. The minimum absolute atomic E-state index is 0.147. The standard InChI is InChI=1S/C19H27N5O2.C9H12O/c1-23-11-7-19(26,8-12-23)14-24-15-22-17(13-18(24)25)21-10-9-20-16-5-3-2-4-6-16;10-8-4-7-9-5-2-1-3-6-9/h2-6,13,15,20-21,26H,7-12,14H2,1H3;2,5-6,8H,1,3-4,7H2. The number of nitrogens with zero attached hydrogens (tertiary/aromatic N) is 3. The highest BCUT2D eigenvalue weighted by Gasteiger charge is 2.31. The van der Waals surface area contributed by atoms with E-state index in [1.807, 2.05) is 37.4 Å². The molecule has 0 amide bonds. The monoisotopic (exact) mass is 493 g/mol. The Kier molecular flexibility index (Phi) is 10.9. The predicted octanol–water partition coefficient (Wildman–Crippen LogP) is 3.47. The number of benzene rings is 1. The molecule has 1 aromatic carbocycles. The summed E-state index contributed by atoms with van der Waals surface area (Å²) in [4.78, 5) is 28.8. The second kappa shape index (κ2) is 14.4. The molecule has 36 heavy (non-hydrogen) atoms. The number of allylic oxidation sites excluding steroid dienone is 4. The van der Waals surface area contributed by atoms with Crippen molar-refractivity contribution in [1.82, 2.24) is 14.5 Å². The molecule has 1 aromatic heterocycles. The molecular weight excluding hydrogens is 454 g/mol. The number of aldehydes is 1. The van der Waals surface area contributed by atoms with Gasteiger partial charge in [0.15, 0.2) is 0 Å². The van der Waals surface area contributed by atoms with Gasteiger partial charge in [-0.1, -0.05) is 42.0 Å². The molecule has 1 fully saturated rings. The van der Waals surface area contributed by atoms with Crippen LogP contribution in [0.1, 0.15) is 38.5 Å². The van der Waals surface area contributed by atoms with Gasteiger partial charge in [-0.25, -0.2) is 4.98 Å². The third-order valence-electron chi connectivity index (χ3n) is 6.42. The van der Waals surface area contributed by atoms with Crippen LogP contribution in [0.4, 0.5) is 11.5 Å². The SMILES string of the molecule is CN1CCC(O)(Cn2cnc(NCCNc3ccccc3)cc2=O)CC1.O=CCCC1=CCCC=C1. The van der Waals surface area contributed by atoms with Crippen molar-refractivity contribution in [3.05, 3.63) is 76.9 Å². The van der Waals surface area contributed by atoms with Crippen LogP contribution in [0.25, 0.3) is 0 Å². The van der Waals surface area contributed by atoms with E-state index in [0.29, 0.717) is 38.2 Å². The molecule has 2 aromatic rings. The van der Waals surface area contributed by atoms with Crippen molar-refractivity contribution < 1.29 is 9.90 Å². The molecule has 8 heteroatoms. The number of anilines is 2. The molecule has 0 saturated carbocycles. The minimum Gasteiger partial charge on any atom is -0.388 e. The zero-order chi connectivity index (χ0) is 25.6. The number of hydrogen-bond acceptors (Lipinski definition) is 7. The summed E-state index contributed by atoms with van der Waals surface area (Å²) < 4.78 is 1.50. The normalized spacial score (nSPS) is 16.9. The first-order valence-electron chi connectivity index (χ1n) is 12.8. The molecule has 0 radical (unpaired) electrons. The van der Waals surface area contributed by atoms with Gasteiger partial charge in [0.25, 0.3) is 5.56 Å². The van der Waals surface area contributed by atoms with Gasteiger partial charge in [0.1, 0.15) is 12.1 Å². The van der Waals surface area contributed by atoms with Crippen LogP contribution in [0.15, 0.2) is 71.3 Å². The summed E-state index contributed by atoms with van der Waals surface area (Å²) in [6.07, 6.45) is 14.2. The summed E-state index contributed by atoms with van der Waals surface area (Å²) in [6.45, 7) is 3.35. The lowest BCUT2D eigenvalue weighted by Crippen LogP contribution is -2.46. The molecule has 8 nitrogen and oxygen atoms in total. The fourth-order valence-electron chi connectivity index (χ4n) is 4.18. The lowest BCUT2D eigenvalue weighted by Gasteiger charge is -2.36. The maximum atomic E-state index is 12.3. The largest absolute Gasteiger partial charge is 0.388 e. The van der Waals surface area contributed by atoms with Gasteiger partial charge in [0.2, 0.25) is 0 Å². The summed E-state index contributed by atoms with van der Waals surface area (Å²) in [7, 11) is 2.04. The number of piperidine rings is 1. The molecular formula is C28H39N5O3. The Morgan fingerprint density at radius 3 is 2.53 bits per heavy atom. The molecule has 1 saturated heterocycles. The molecule has 3 N–H and O–H groups in total. The summed E-state index contributed by atoms with van der Waals surface area (Å²) in [5.41, 5.74) is 1.40. The quantitative estimate of drug-likeness (QED) is 0.344. The van der Waals surface area contributed by atoms with Crippen molar-refractivity contribution in [3.63, 3.8) is 0 Å². The van der Waals surface area contributed by atoms with E-state index in [9.17, 15) is 14.7 Å². The lowest BCUT2D eigenvalue weighted by atomic mass is 9.91. The van der Waals surface area contributed by atoms with Crippen LogP contribution in [0.3, 0.4) is 0 Å². The van der Waals surface area contributed by atoms with E-state index in [1.165, 1.54) is 22.5 Å². The fraction of sp³-hybridized carbons (Fsp3) is 0.464. The van der Waals surface area contributed by atoms with E-state index in [0.717, 1.165) is 50.9 Å². The second-order valence-electron chi connectivity index (χ2n) is 9.45. The third-order valence-corrected chi connectivity index (χ3v) is 6.42. The van der Waals surface area contributed by atoms with E-state index in [1.54, 1.807) is 0 Å². The molecule has 0 atom stereocenters. The molecule has 0 bridgehead atoms. The van der Waals surface area contributed by atoms with Gasteiger partial charge in [-0.15, -0.1) is 0 Å². The van der Waals surface area contributed by atoms with Crippen molar-refractivity contribution in [2.45, 2.75) is 50.7 Å². The molecule has 194 valence electrons. The molecule has 2 aliphatic rings. The Bertz CT molecular complexity index is 1060. The average molecular weight is 494 g/mol. The Labute approximate surface area is 213 Å². The third kappa shape index (κ3) is 9.43. The number of para-hydroxylation sites is 1. The topological polar surface area (TPSA) is 99.5 Å². The smallest absolute Gasteiger partial charge is 0.255 e. The Morgan fingerprint density at radius 1 is 1.11 bits per heavy atom. The Hall–Kier alpha value is -3.23. The van der Waals surface area contributed by atoms with Gasteiger partial charge in [-0.3, -0.25) is 9.36 Å². The van der Waals surface area contributed by atoms with Crippen LogP contribution in [0.2, 0.25) is 0 Å². The van der Waals surface area contributed by atoms with Gasteiger partial charge in [-0.2, -0.15) is 0 Å². The molecule has 4 rings (SSSR count). The van der Waals surface area contributed by atoms with E-state index in [-0.39, 0.29) is 5.56 Å². The summed E-state index contributed by atoms with van der Waals surface area (Å²) in [5.74, 6) is 0.552. The first-order valence-corrected chi connectivity index (χ1v) is 12.8. The van der Waals surface area contributed by atoms with E-state index < -0.39 is 5.60 Å². The number of carbonyl (C=O) groups excluding carboxylic acids is 1. The molecule has 0 unspecified atom stereocenters. The Balaban J connectivity index is 0.000000303. The van der Waals surface area contributed by atoms with Crippen molar-refractivity contribution >= 4 is 17.8 Å². The summed E-state index contributed by atoms with van der Waals surface area (Å²) in [6, 6.07) is 11.4. The number of rotatable bonds is 10. The predicted molar refractivity (Wildman–Crippen MR) is 145 cm³/mol. The average Bonchev–Trinajstić information content (AvgIpc) is 2.90. The lowest BCUT2D eigenvalue weighted by molar-refractivity contribution is -0.107. The van der Waals surface area contributed by atoms with Gasteiger partial charge in [0.05, 0.1) is 18.5 Å². The van der Waals surface area contributed by atoms with Crippen molar-refractivity contribution in [1.29, 1.82) is 0 Å². The van der Waals surface area contributed by atoms with Gasteiger partial charge in [-0.05, 0) is 51.3 Å². The van der Waals surface area contributed by atoms with Crippen LogP contribution < -0.4 is 16.2 Å². The van der Waals surface area contributed by atoms with Gasteiger partial charge < -0.3 is 25.4 Å². The highest BCUT2D eigenvalue weighted by molar-refractivity contribution is 5.50. The minimum atomic E-state index is -0.827. The number of nitrogens with one attached hydrogen (secondary N) is 2. The van der Waals surface area contributed by atoms with Crippen LogP contribution in [-0.2, 0) is 11.3 Å². The maximum Gasteiger partial charge on any atom is 0.255 e. The number of hydrogen-bond donors (Lipinski definition) is 3. The van der Waals surface area contributed by atoms with Crippen LogP contribution in [-0.4, -0.2) is 64.7 Å². The number of aromatic nitrogens is 2. The first kappa shape index (κ1) is 27.4. The van der Waals surface area contributed by atoms with E-state index in [4.69, 9.17) is 0 Å². The zero-order valence-corrected chi connectivity index (χ0v) is 21.2. The zero-order valence-electron chi connectivity index (χ0n) is 21.2. The van der Waals surface area contributed by atoms with Crippen molar-refractivity contribution in [2.75, 3.05) is 43.9 Å². The molecule has 2 heterocycles. The summed E-state index contributed by atoms with van der Waals surface area (Å²) >= 11 is 0. The van der Waals surface area contributed by atoms with Gasteiger partial charge >= 0.3 is 0 Å². The molecule has 1 aliphatic carbocycles. The number of carbonyl (C=O) groups is 1. The molecule has 1 aliphatic heterocycles. The molecule has 0 spiro atoms. The van der Waals surface area contributed by atoms with E-state index >= 15 is 0 Å². The summed E-state index contributed by atoms with van der Waals surface area (Å²) in [5, 5.41) is 17.1. The highest BCUT2D eigenvalue weighted by Crippen LogP contribution is 2.22. The first-order chi connectivity index (χ1) is 17.5. The van der Waals surface area contributed by atoms with Gasteiger partial charge in [0, 0.05) is 44.4 Å². The van der Waals surface area contributed by atoms with E-state index in [2.05, 4.69) is 38.7 Å². The highest BCUT2D eigenvalue weighted by atomic mass is 16.3. The fourth-order valence-corrected chi connectivity index (χ4v) is 4.18. The van der Waals surface area contributed by atoms with Crippen molar-refractivity contribution in [3.8, 4) is 0 Å².